The summed E-state index contributed by atoms with van der Waals surface area (Å²) in [4.78, 5) is 22.7. The number of nitrogens with one attached hydrogen (secondary N) is 1. The second-order valence-corrected chi connectivity index (χ2v) is 5.35. The molecule has 1 aromatic rings. The lowest BCUT2D eigenvalue weighted by atomic mass is 10.0. The third-order valence-electron chi connectivity index (χ3n) is 2.60. The number of carbonyl (C=O) groups excluding carboxylic acids is 1. The molecule has 1 amide bonds. The molecule has 0 saturated heterocycles. The van der Waals surface area contributed by atoms with Gasteiger partial charge in [0, 0.05) is 16.1 Å². The molecule has 0 spiro atoms. The van der Waals surface area contributed by atoms with Crippen LogP contribution in [0, 0.1) is 5.92 Å². The van der Waals surface area contributed by atoms with E-state index < -0.39 is 5.97 Å². The van der Waals surface area contributed by atoms with Gasteiger partial charge in [0.15, 0.2) is 0 Å². The Bertz CT molecular complexity index is 446. The molecule has 0 aliphatic heterocycles. The van der Waals surface area contributed by atoms with Crippen molar-refractivity contribution in [3.05, 3.63) is 34.3 Å². The summed E-state index contributed by atoms with van der Waals surface area (Å²) in [5, 5.41) is 11.6. The van der Waals surface area contributed by atoms with E-state index in [-0.39, 0.29) is 24.3 Å². The number of carboxylic acids is 1. The maximum absolute atomic E-state index is 12.0. The molecule has 2 N–H and O–H groups in total. The van der Waals surface area contributed by atoms with Gasteiger partial charge in [-0.2, -0.15) is 0 Å². The number of halogens is 1. The summed E-state index contributed by atoms with van der Waals surface area (Å²) in [5.74, 6) is -1.10. The molecule has 0 heterocycles. The molecule has 0 bridgehead atoms. The summed E-state index contributed by atoms with van der Waals surface area (Å²) in [6, 6.07) is 6.62. The number of carbonyl (C=O) groups is 2. The molecule has 0 aliphatic carbocycles. The molecule has 0 saturated carbocycles. The number of benzene rings is 1. The zero-order valence-electron chi connectivity index (χ0n) is 10.3. The fourth-order valence-electron chi connectivity index (χ4n) is 1.52. The number of rotatable bonds is 5. The van der Waals surface area contributed by atoms with E-state index in [4.69, 9.17) is 5.11 Å². The Hall–Kier alpha value is -1.36. The molecule has 18 heavy (non-hydrogen) atoms. The van der Waals surface area contributed by atoms with Gasteiger partial charge in [-0.3, -0.25) is 9.59 Å². The van der Waals surface area contributed by atoms with Gasteiger partial charge < -0.3 is 10.4 Å². The van der Waals surface area contributed by atoms with Gasteiger partial charge in [-0.1, -0.05) is 35.8 Å². The average Bonchev–Trinajstić information content (AvgIpc) is 2.27. The summed E-state index contributed by atoms with van der Waals surface area (Å²) in [6.07, 6.45) is -0.0720. The Kier molecular flexibility index (Phi) is 5.34. The molecule has 5 heteroatoms. The van der Waals surface area contributed by atoms with Crippen LogP contribution in [0.5, 0.6) is 0 Å². The minimum Gasteiger partial charge on any atom is -0.481 e. The van der Waals surface area contributed by atoms with E-state index in [0.29, 0.717) is 5.56 Å². The van der Waals surface area contributed by atoms with E-state index in [1.807, 2.05) is 19.9 Å². The summed E-state index contributed by atoms with van der Waals surface area (Å²) < 4.78 is 0.814. The van der Waals surface area contributed by atoms with Crippen LogP contribution >= 0.6 is 15.9 Å². The van der Waals surface area contributed by atoms with Crippen LogP contribution in [-0.2, 0) is 4.79 Å². The smallest absolute Gasteiger partial charge is 0.305 e. The standard InChI is InChI=1S/C13H16BrNO3/c1-8(2)11(7-12(16)17)15-13(18)9-4-3-5-10(14)6-9/h3-6,8,11H,7H2,1-2H3,(H,15,18)(H,16,17). The fourth-order valence-corrected chi connectivity index (χ4v) is 1.92. The van der Waals surface area contributed by atoms with Crippen molar-refractivity contribution >= 4 is 27.8 Å². The van der Waals surface area contributed by atoms with E-state index in [9.17, 15) is 9.59 Å². The predicted molar refractivity (Wildman–Crippen MR) is 72.5 cm³/mol. The molecule has 0 aliphatic rings. The van der Waals surface area contributed by atoms with E-state index in [1.54, 1.807) is 18.2 Å². The molecule has 0 radical (unpaired) electrons. The van der Waals surface area contributed by atoms with Gasteiger partial charge in [0.1, 0.15) is 0 Å². The lowest BCUT2D eigenvalue weighted by molar-refractivity contribution is -0.137. The van der Waals surface area contributed by atoms with Crippen LogP contribution in [0.1, 0.15) is 30.6 Å². The van der Waals surface area contributed by atoms with Crippen molar-refractivity contribution < 1.29 is 14.7 Å². The van der Waals surface area contributed by atoms with Crippen LogP contribution in [-0.4, -0.2) is 23.0 Å². The van der Waals surface area contributed by atoms with Crippen LogP contribution in [0.15, 0.2) is 28.7 Å². The van der Waals surface area contributed by atoms with Gasteiger partial charge in [0.05, 0.1) is 6.42 Å². The van der Waals surface area contributed by atoms with Gasteiger partial charge in [-0.15, -0.1) is 0 Å². The number of aliphatic carboxylic acids is 1. The zero-order chi connectivity index (χ0) is 13.7. The minimum absolute atomic E-state index is 0.0669. The first-order valence-electron chi connectivity index (χ1n) is 5.68. The first-order chi connectivity index (χ1) is 8.40. The normalized spacial score (nSPS) is 12.2. The Labute approximate surface area is 115 Å². The van der Waals surface area contributed by atoms with Crippen molar-refractivity contribution in [1.82, 2.24) is 5.32 Å². The molecule has 1 rings (SSSR count). The van der Waals surface area contributed by atoms with Crippen molar-refractivity contribution in [2.24, 2.45) is 5.92 Å². The predicted octanol–water partition coefficient (Wildman–Crippen LogP) is 2.68. The SMILES string of the molecule is CC(C)C(CC(=O)O)NC(=O)c1cccc(Br)c1. The molecular weight excluding hydrogens is 298 g/mol. The van der Waals surface area contributed by atoms with Crippen molar-refractivity contribution in [2.75, 3.05) is 0 Å². The first kappa shape index (κ1) is 14.7. The van der Waals surface area contributed by atoms with Gasteiger partial charge in [0.25, 0.3) is 5.91 Å². The second-order valence-electron chi connectivity index (χ2n) is 4.43. The molecule has 1 atom stereocenters. The monoisotopic (exact) mass is 313 g/mol. The molecule has 0 fully saturated rings. The van der Waals surface area contributed by atoms with E-state index in [2.05, 4.69) is 21.2 Å². The van der Waals surface area contributed by atoms with E-state index >= 15 is 0 Å². The Morgan fingerprint density at radius 3 is 2.56 bits per heavy atom. The largest absolute Gasteiger partial charge is 0.481 e. The topological polar surface area (TPSA) is 66.4 Å². The molecule has 1 unspecified atom stereocenters. The summed E-state index contributed by atoms with van der Waals surface area (Å²) in [5.41, 5.74) is 0.514. The van der Waals surface area contributed by atoms with Gasteiger partial charge >= 0.3 is 5.97 Å². The minimum atomic E-state index is -0.914. The zero-order valence-corrected chi connectivity index (χ0v) is 11.9. The van der Waals surface area contributed by atoms with E-state index in [1.165, 1.54) is 0 Å². The van der Waals surface area contributed by atoms with Crippen molar-refractivity contribution in [3.8, 4) is 0 Å². The quantitative estimate of drug-likeness (QED) is 0.878. The highest BCUT2D eigenvalue weighted by atomic mass is 79.9. The first-order valence-corrected chi connectivity index (χ1v) is 6.47. The molecule has 98 valence electrons. The maximum atomic E-state index is 12.0. The lowest BCUT2D eigenvalue weighted by Crippen LogP contribution is -2.40. The fraction of sp³-hybridized carbons (Fsp3) is 0.385. The second kappa shape index (κ2) is 6.54. The number of hydrogen-bond donors (Lipinski definition) is 2. The average molecular weight is 314 g/mol. The van der Waals surface area contributed by atoms with Gasteiger partial charge in [0.2, 0.25) is 0 Å². The van der Waals surface area contributed by atoms with Crippen LogP contribution in [0.25, 0.3) is 0 Å². The highest BCUT2D eigenvalue weighted by molar-refractivity contribution is 9.10. The summed E-state index contributed by atoms with van der Waals surface area (Å²) in [6.45, 7) is 3.77. The third kappa shape index (κ3) is 4.49. The lowest BCUT2D eigenvalue weighted by Gasteiger charge is -2.20. The third-order valence-corrected chi connectivity index (χ3v) is 3.10. The molecule has 1 aromatic carbocycles. The van der Waals surface area contributed by atoms with Gasteiger partial charge in [-0.05, 0) is 24.1 Å². The van der Waals surface area contributed by atoms with Crippen LogP contribution in [0.3, 0.4) is 0 Å². The summed E-state index contributed by atoms with van der Waals surface area (Å²) >= 11 is 3.29. The number of amides is 1. The van der Waals surface area contributed by atoms with Crippen LogP contribution in [0.2, 0.25) is 0 Å². The Balaban J connectivity index is 2.75. The van der Waals surface area contributed by atoms with E-state index in [0.717, 1.165) is 4.47 Å². The van der Waals surface area contributed by atoms with Crippen molar-refractivity contribution in [1.29, 1.82) is 0 Å². The maximum Gasteiger partial charge on any atom is 0.305 e. The van der Waals surface area contributed by atoms with Crippen LogP contribution < -0.4 is 5.32 Å². The molecule has 4 nitrogen and oxygen atoms in total. The van der Waals surface area contributed by atoms with Gasteiger partial charge in [-0.25, -0.2) is 0 Å². The molecular formula is C13H16BrNO3. The highest BCUT2D eigenvalue weighted by Gasteiger charge is 2.20. The number of carboxylic acid groups (broad SMARTS) is 1. The Morgan fingerprint density at radius 2 is 2.06 bits per heavy atom. The summed E-state index contributed by atoms with van der Waals surface area (Å²) in [7, 11) is 0. The van der Waals surface area contributed by atoms with Crippen molar-refractivity contribution in [3.63, 3.8) is 0 Å². The Morgan fingerprint density at radius 1 is 1.39 bits per heavy atom. The highest BCUT2D eigenvalue weighted by Crippen LogP contribution is 2.13. The molecule has 0 aromatic heterocycles. The van der Waals surface area contributed by atoms with Crippen LogP contribution in [0.4, 0.5) is 0 Å². The van der Waals surface area contributed by atoms with Crippen molar-refractivity contribution in [2.45, 2.75) is 26.3 Å². The number of hydrogen-bond acceptors (Lipinski definition) is 2.